The van der Waals surface area contributed by atoms with Gasteiger partial charge in [-0.3, -0.25) is 9.97 Å². The fourth-order valence-electron chi connectivity index (χ4n) is 2.98. The molecule has 0 unspecified atom stereocenters. The molecule has 0 bridgehead atoms. The summed E-state index contributed by atoms with van der Waals surface area (Å²) in [5.41, 5.74) is 3.09. The number of hydrogen-bond acceptors (Lipinski definition) is 4. The molecule has 0 saturated carbocycles. The van der Waals surface area contributed by atoms with Crippen molar-refractivity contribution in [1.82, 2.24) is 15.3 Å². The maximum absolute atomic E-state index is 5.89. The van der Waals surface area contributed by atoms with Gasteiger partial charge in [0.2, 0.25) is 0 Å². The Labute approximate surface area is 135 Å². The van der Waals surface area contributed by atoms with Crippen molar-refractivity contribution in [3.8, 4) is 16.9 Å². The van der Waals surface area contributed by atoms with Crippen molar-refractivity contribution in [3.63, 3.8) is 0 Å². The Kier molecular flexibility index (Phi) is 3.90. The summed E-state index contributed by atoms with van der Waals surface area (Å²) in [6, 6.07) is 12.8. The van der Waals surface area contributed by atoms with E-state index in [1.54, 1.807) is 6.20 Å². The lowest BCUT2D eigenvalue weighted by atomic mass is 10.1. The Morgan fingerprint density at radius 3 is 2.91 bits per heavy atom. The molecule has 1 aromatic carbocycles. The smallest absolute Gasteiger partial charge is 0.138 e. The number of fused-ring (bicyclic) bond motifs is 1. The van der Waals surface area contributed by atoms with E-state index in [1.165, 1.54) is 12.8 Å². The van der Waals surface area contributed by atoms with Gasteiger partial charge in [-0.05, 0) is 37.6 Å². The molecule has 4 nitrogen and oxygen atoms in total. The summed E-state index contributed by atoms with van der Waals surface area (Å²) in [4.78, 5) is 8.83. The van der Waals surface area contributed by atoms with Crippen LogP contribution in [0.15, 0.2) is 55.0 Å². The van der Waals surface area contributed by atoms with Crippen LogP contribution in [0, 0.1) is 0 Å². The molecule has 0 spiro atoms. The molecule has 4 heteroatoms. The highest BCUT2D eigenvalue weighted by Crippen LogP contribution is 2.25. The summed E-state index contributed by atoms with van der Waals surface area (Å²) in [7, 11) is 0. The molecular weight excluding hydrogens is 286 g/mol. The first-order valence-corrected chi connectivity index (χ1v) is 8.05. The van der Waals surface area contributed by atoms with Gasteiger partial charge < -0.3 is 10.1 Å². The zero-order valence-electron chi connectivity index (χ0n) is 12.9. The average Bonchev–Trinajstić information content (AvgIpc) is 3.13. The first-order valence-electron chi connectivity index (χ1n) is 8.05. The van der Waals surface area contributed by atoms with E-state index in [0.29, 0.717) is 12.6 Å². The Morgan fingerprint density at radius 2 is 2.00 bits per heavy atom. The molecule has 4 rings (SSSR count). The van der Waals surface area contributed by atoms with Crippen LogP contribution < -0.4 is 10.1 Å². The third-order valence-electron chi connectivity index (χ3n) is 4.25. The summed E-state index contributed by atoms with van der Waals surface area (Å²) in [5, 5.41) is 4.57. The van der Waals surface area contributed by atoms with Crippen molar-refractivity contribution in [2.24, 2.45) is 0 Å². The van der Waals surface area contributed by atoms with E-state index in [1.807, 2.05) is 36.7 Å². The highest BCUT2D eigenvalue weighted by atomic mass is 16.5. The molecule has 23 heavy (non-hydrogen) atoms. The lowest BCUT2D eigenvalue weighted by molar-refractivity contribution is 0.276. The van der Waals surface area contributed by atoms with Crippen LogP contribution in [-0.2, 0) is 0 Å². The fraction of sp³-hybridized carbons (Fsp3) is 0.263. The molecule has 2 aromatic heterocycles. The summed E-state index contributed by atoms with van der Waals surface area (Å²) in [6.07, 6.45) is 7.93. The Hall–Kier alpha value is -2.46. The molecule has 1 saturated heterocycles. The standard InChI is InChI=1S/C19H19N3O/c1-2-6-19-14(4-1)8-15(11-22-19)16-9-18(12-20-10-16)23-13-17-5-3-7-21-17/h1-2,4,6,8-12,17,21H,3,5,7,13H2/t17-/m0/s1. The lowest BCUT2D eigenvalue weighted by Crippen LogP contribution is -2.28. The number of aromatic nitrogens is 2. The lowest BCUT2D eigenvalue weighted by Gasteiger charge is -2.12. The van der Waals surface area contributed by atoms with Crippen molar-refractivity contribution >= 4 is 10.9 Å². The minimum Gasteiger partial charge on any atom is -0.490 e. The summed E-state index contributed by atoms with van der Waals surface area (Å²) in [5.74, 6) is 0.810. The van der Waals surface area contributed by atoms with Gasteiger partial charge in [0.05, 0.1) is 11.7 Å². The minimum atomic E-state index is 0.459. The summed E-state index contributed by atoms with van der Waals surface area (Å²) < 4.78 is 5.89. The first kappa shape index (κ1) is 14.2. The zero-order valence-corrected chi connectivity index (χ0v) is 12.9. The van der Waals surface area contributed by atoms with Crippen LogP contribution in [0.1, 0.15) is 12.8 Å². The monoisotopic (exact) mass is 305 g/mol. The average molecular weight is 305 g/mol. The highest BCUT2D eigenvalue weighted by molar-refractivity contribution is 5.83. The molecule has 1 fully saturated rings. The van der Waals surface area contributed by atoms with Gasteiger partial charge in [0, 0.05) is 34.9 Å². The highest BCUT2D eigenvalue weighted by Gasteiger charge is 2.14. The largest absolute Gasteiger partial charge is 0.490 e. The van der Waals surface area contributed by atoms with Crippen molar-refractivity contribution in [2.45, 2.75) is 18.9 Å². The number of pyridine rings is 2. The van der Waals surface area contributed by atoms with E-state index in [-0.39, 0.29) is 0 Å². The zero-order chi connectivity index (χ0) is 15.5. The number of benzene rings is 1. The molecule has 0 amide bonds. The van der Waals surface area contributed by atoms with Gasteiger partial charge in [-0.15, -0.1) is 0 Å². The van der Waals surface area contributed by atoms with Crippen LogP contribution in [0.25, 0.3) is 22.0 Å². The Morgan fingerprint density at radius 1 is 1.09 bits per heavy atom. The third kappa shape index (κ3) is 3.17. The van der Waals surface area contributed by atoms with Crippen molar-refractivity contribution in [3.05, 3.63) is 55.0 Å². The number of para-hydroxylation sites is 1. The van der Waals surface area contributed by atoms with Gasteiger partial charge in [0.1, 0.15) is 12.4 Å². The van der Waals surface area contributed by atoms with Crippen LogP contribution in [0.3, 0.4) is 0 Å². The molecule has 116 valence electrons. The Bertz CT molecular complexity index is 812. The van der Waals surface area contributed by atoms with Crippen LogP contribution in [0.4, 0.5) is 0 Å². The third-order valence-corrected chi connectivity index (χ3v) is 4.25. The molecule has 1 N–H and O–H groups in total. The number of nitrogens with zero attached hydrogens (tertiary/aromatic N) is 2. The van der Waals surface area contributed by atoms with Gasteiger partial charge >= 0.3 is 0 Å². The van der Waals surface area contributed by atoms with Gasteiger partial charge in [-0.1, -0.05) is 18.2 Å². The van der Waals surface area contributed by atoms with Crippen molar-refractivity contribution < 1.29 is 4.74 Å². The summed E-state index contributed by atoms with van der Waals surface area (Å²) in [6.45, 7) is 1.79. The van der Waals surface area contributed by atoms with Gasteiger partial charge in [-0.2, -0.15) is 0 Å². The van der Waals surface area contributed by atoms with E-state index in [0.717, 1.165) is 34.3 Å². The van der Waals surface area contributed by atoms with E-state index < -0.39 is 0 Å². The molecule has 0 aliphatic carbocycles. The first-order chi connectivity index (χ1) is 11.4. The fourth-order valence-corrected chi connectivity index (χ4v) is 2.98. The predicted octanol–water partition coefficient (Wildman–Crippen LogP) is 3.43. The SMILES string of the molecule is c1ccc2ncc(-c3cncc(OC[C@@H]4CCCN4)c3)cc2c1. The van der Waals surface area contributed by atoms with Crippen LogP contribution in [0.2, 0.25) is 0 Å². The minimum absolute atomic E-state index is 0.459. The summed E-state index contributed by atoms with van der Waals surface area (Å²) >= 11 is 0. The molecular formula is C19H19N3O. The Balaban J connectivity index is 1.56. The van der Waals surface area contributed by atoms with Crippen LogP contribution in [-0.4, -0.2) is 29.2 Å². The second-order valence-electron chi connectivity index (χ2n) is 5.93. The van der Waals surface area contributed by atoms with Gasteiger partial charge in [0.15, 0.2) is 0 Å². The predicted molar refractivity (Wildman–Crippen MR) is 91.5 cm³/mol. The van der Waals surface area contributed by atoms with E-state index in [4.69, 9.17) is 4.74 Å². The molecule has 1 aliphatic rings. The normalized spacial score (nSPS) is 17.5. The molecule has 0 radical (unpaired) electrons. The maximum atomic E-state index is 5.89. The second-order valence-corrected chi connectivity index (χ2v) is 5.93. The molecule has 1 atom stereocenters. The topological polar surface area (TPSA) is 47.0 Å². The van der Waals surface area contributed by atoms with Crippen LogP contribution >= 0.6 is 0 Å². The van der Waals surface area contributed by atoms with E-state index in [9.17, 15) is 0 Å². The number of nitrogens with one attached hydrogen (secondary N) is 1. The molecule has 3 heterocycles. The van der Waals surface area contributed by atoms with E-state index >= 15 is 0 Å². The van der Waals surface area contributed by atoms with Crippen molar-refractivity contribution in [2.75, 3.05) is 13.2 Å². The maximum Gasteiger partial charge on any atom is 0.138 e. The molecule has 1 aliphatic heterocycles. The number of rotatable bonds is 4. The van der Waals surface area contributed by atoms with Gasteiger partial charge in [-0.25, -0.2) is 0 Å². The van der Waals surface area contributed by atoms with Crippen LogP contribution in [0.5, 0.6) is 5.75 Å². The molecule has 3 aromatic rings. The quantitative estimate of drug-likeness (QED) is 0.802. The van der Waals surface area contributed by atoms with Gasteiger partial charge in [0.25, 0.3) is 0 Å². The van der Waals surface area contributed by atoms with E-state index in [2.05, 4.69) is 27.4 Å². The number of hydrogen-bond donors (Lipinski definition) is 1. The number of ether oxygens (including phenoxy) is 1. The van der Waals surface area contributed by atoms with Crippen molar-refractivity contribution in [1.29, 1.82) is 0 Å². The second kappa shape index (κ2) is 6.34.